The Morgan fingerprint density at radius 1 is 1.31 bits per heavy atom. The molecule has 16 heavy (non-hydrogen) atoms. The van der Waals surface area contributed by atoms with Crippen molar-refractivity contribution in [3.8, 4) is 5.75 Å². The Morgan fingerprint density at radius 3 is 2.75 bits per heavy atom. The minimum atomic E-state index is 0.698. The molecular formula is C13H20ClNO. The molecule has 0 aromatic heterocycles. The number of hydrogen-bond donors (Lipinski definition) is 1. The number of benzene rings is 1. The Bertz CT molecular complexity index is 315. The van der Waals surface area contributed by atoms with E-state index in [9.17, 15) is 0 Å². The van der Waals surface area contributed by atoms with Crippen LogP contribution in [0.3, 0.4) is 0 Å². The molecule has 0 heterocycles. The standard InChI is InChI=1S/C13H20ClNO/c1-3-4-5-8-16-13-7-6-11(10-15-2)9-12(13)14/h6-7,9,15H,3-5,8,10H2,1-2H3. The predicted molar refractivity (Wildman–Crippen MR) is 69.2 cm³/mol. The molecule has 0 bridgehead atoms. The van der Waals surface area contributed by atoms with Gasteiger partial charge in [-0.25, -0.2) is 0 Å². The van der Waals surface area contributed by atoms with E-state index < -0.39 is 0 Å². The second kappa shape index (κ2) is 7.53. The largest absolute Gasteiger partial charge is 0.492 e. The van der Waals surface area contributed by atoms with Crippen molar-refractivity contribution >= 4 is 11.6 Å². The number of hydrogen-bond acceptors (Lipinski definition) is 2. The topological polar surface area (TPSA) is 21.3 Å². The first-order valence-electron chi connectivity index (χ1n) is 5.83. The third kappa shape index (κ3) is 4.42. The van der Waals surface area contributed by atoms with Crippen LogP contribution in [0.5, 0.6) is 5.75 Å². The first-order valence-corrected chi connectivity index (χ1v) is 6.21. The number of unbranched alkanes of at least 4 members (excludes halogenated alkanes) is 2. The van der Waals surface area contributed by atoms with Crippen LogP contribution in [-0.2, 0) is 6.54 Å². The van der Waals surface area contributed by atoms with Gasteiger partial charge in [0.1, 0.15) is 5.75 Å². The van der Waals surface area contributed by atoms with Gasteiger partial charge < -0.3 is 10.1 Å². The van der Waals surface area contributed by atoms with E-state index in [-0.39, 0.29) is 0 Å². The predicted octanol–water partition coefficient (Wildman–Crippen LogP) is 3.63. The van der Waals surface area contributed by atoms with Crippen molar-refractivity contribution in [3.05, 3.63) is 28.8 Å². The SMILES string of the molecule is CCCCCOc1ccc(CNC)cc1Cl. The fraction of sp³-hybridized carbons (Fsp3) is 0.538. The van der Waals surface area contributed by atoms with E-state index in [2.05, 4.69) is 12.2 Å². The maximum absolute atomic E-state index is 6.13. The molecule has 2 nitrogen and oxygen atoms in total. The van der Waals surface area contributed by atoms with E-state index in [1.165, 1.54) is 18.4 Å². The summed E-state index contributed by atoms with van der Waals surface area (Å²) in [7, 11) is 1.92. The van der Waals surface area contributed by atoms with Crippen molar-refractivity contribution < 1.29 is 4.74 Å². The summed E-state index contributed by atoms with van der Waals surface area (Å²) in [5, 5.41) is 3.79. The molecule has 3 heteroatoms. The molecule has 0 aliphatic rings. The molecule has 90 valence electrons. The van der Waals surface area contributed by atoms with Gasteiger partial charge in [-0.2, -0.15) is 0 Å². The third-order valence-corrected chi connectivity index (χ3v) is 2.68. The first-order chi connectivity index (χ1) is 7.77. The molecule has 0 aliphatic heterocycles. The van der Waals surface area contributed by atoms with E-state index in [4.69, 9.17) is 16.3 Å². The molecule has 0 saturated carbocycles. The molecule has 0 saturated heterocycles. The molecular weight excluding hydrogens is 222 g/mol. The summed E-state index contributed by atoms with van der Waals surface area (Å²) in [6.07, 6.45) is 3.50. The zero-order chi connectivity index (χ0) is 11.8. The molecule has 0 aliphatic carbocycles. The fourth-order valence-electron chi connectivity index (χ4n) is 1.51. The summed E-state index contributed by atoms with van der Waals surface area (Å²) in [6, 6.07) is 5.94. The van der Waals surface area contributed by atoms with Gasteiger partial charge in [-0.1, -0.05) is 37.4 Å². The quantitative estimate of drug-likeness (QED) is 0.736. The van der Waals surface area contributed by atoms with Crippen LogP contribution in [0.15, 0.2) is 18.2 Å². The van der Waals surface area contributed by atoms with Gasteiger partial charge in [0.15, 0.2) is 0 Å². The minimum Gasteiger partial charge on any atom is -0.492 e. The number of nitrogens with one attached hydrogen (secondary N) is 1. The average molecular weight is 242 g/mol. The van der Waals surface area contributed by atoms with Crippen molar-refractivity contribution in [2.45, 2.75) is 32.7 Å². The van der Waals surface area contributed by atoms with Gasteiger partial charge in [0.25, 0.3) is 0 Å². The lowest BCUT2D eigenvalue weighted by molar-refractivity contribution is 0.306. The molecule has 0 radical (unpaired) electrons. The van der Waals surface area contributed by atoms with Crippen molar-refractivity contribution in [2.24, 2.45) is 0 Å². The van der Waals surface area contributed by atoms with Gasteiger partial charge in [-0.05, 0) is 31.2 Å². The van der Waals surface area contributed by atoms with Crippen LogP contribution in [0.4, 0.5) is 0 Å². The van der Waals surface area contributed by atoms with E-state index in [0.29, 0.717) is 5.02 Å². The summed E-state index contributed by atoms with van der Waals surface area (Å²) in [6.45, 7) is 3.76. The molecule has 1 aromatic carbocycles. The molecule has 0 spiro atoms. The number of halogens is 1. The van der Waals surface area contributed by atoms with Gasteiger partial charge in [-0.3, -0.25) is 0 Å². The Hall–Kier alpha value is -0.730. The van der Waals surface area contributed by atoms with Gasteiger partial charge in [0.05, 0.1) is 11.6 Å². The van der Waals surface area contributed by atoms with Crippen LogP contribution in [-0.4, -0.2) is 13.7 Å². The summed E-state index contributed by atoms with van der Waals surface area (Å²) < 4.78 is 5.62. The van der Waals surface area contributed by atoms with Crippen LogP contribution in [0.2, 0.25) is 5.02 Å². The molecule has 0 unspecified atom stereocenters. The number of rotatable bonds is 7. The molecule has 0 atom stereocenters. The fourth-order valence-corrected chi connectivity index (χ4v) is 1.77. The van der Waals surface area contributed by atoms with Crippen molar-refractivity contribution in [3.63, 3.8) is 0 Å². The lowest BCUT2D eigenvalue weighted by Gasteiger charge is -2.09. The van der Waals surface area contributed by atoms with Crippen molar-refractivity contribution in [1.82, 2.24) is 5.32 Å². The summed E-state index contributed by atoms with van der Waals surface area (Å²) in [4.78, 5) is 0. The van der Waals surface area contributed by atoms with Gasteiger partial charge in [0.2, 0.25) is 0 Å². The molecule has 0 amide bonds. The maximum atomic E-state index is 6.13. The molecule has 1 aromatic rings. The normalized spacial score (nSPS) is 10.4. The van der Waals surface area contributed by atoms with Crippen molar-refractivity contribution in [1.29, 1.82) is 0 Å². The second-order valence-corrected chi connectivity index (χ2v) is 4.26. The monoisotopic (exact) mass is 241 g/mol. The van der Waals surface area contributed by atoms with E-state index in [0.717, 1.165) is 25.3 Å². The van der Waals surface area contributed by atoms with Gasteiger partial charge in [0, 0.05) is 6.54 Å². The highest BCUT2D eigenvalue weighted by molar-refractivity contribution is 6.32. The second-order valence-electron chi connectivity index (χ2n) is 3.85. The zero-order valence-corrected chi connectivity index (χ0v) is 10.8. The Morgan fingerprint density at radius 2 is 2.12 bits per heavy atom. The summed E-state index contributed by atoms with van der Waals surface area (Å²) in [5.74, 6) is 0.789. The molecule has 1 N–H and O–H groups in total. The smallest absolute Gasteiger partial charge is 0.137 e. The van der Waals surface area contributed by atoms with Crippen LogP contribution in [0.1, 0.15) is 31.7 Å². The Balaban J connectivity index is 2.47. The highest BCUT2D eigenvalue weighted by atomic mass is 35.5. The summed E-state index contributed by atoms with van der Waals surface area (Å²) in [5.41, 5.74) is 1.17. The number of ether oxygens (including phenoxy) is 1. The van der Waals surface area contributed by atoms with Gasteiger partial charge in [-0.15, -0.1) is 0 Å². The van der Waals surface area contributed by atoms with Crippen molar-refractivity contribution in [2.75, 3.05) is 13.7 Å². The Kier molecular flexibility index (Phi) is 6.27. The Labute approximate surface area is 103 Å². The minimum absolute atomic E-state index is 0.698. The van der Waals surface area contributed by atoms with E-state index in [1.54, 1.807) is 0 Å². The first kappa shape index (κ1) is 13.3. The molecule has 1 rings (SSSR count). The van der Waals surface area contributed by atoms with E-state index in [1.807, 2.05) is 25.2 Å². The van der Waals surface area contributed by atoms with Crippen LogP contribution in [0.25, 0.3) is 0 Å². The molecule has 0 fully saturated rings. The average Bonchev–Trinajstić information content (AvgIpc) is 2.27. The third-order valence-electron chi connectivity index (χ3n) is 2.38. The van der Waals surface area contributed by atoms with Gasteiger partial charge >= 0.3 is 0 Å². The van der Waals surface area contributed by atoms with Crippen LogP contribution in [0, 0.1) is 0 Å². The van der Waals surface area contributed by atoms with Crippen LogP contribution >= 0.6 is 11.6 Å². The van der Waals surface area contributed by atoms with E-state index >= 15 is 0 Å². The summed E-state index contributed by atoms with van der Waals surface area (Å²) >= 11 is 6.13. The lowest BCUT2D eigenvalue weighted by Crippen LogP contribution is -2.05. The highest BCUT2D eigenvalue weighted by Gasteiger charge is 2.02. The van der Waals surface area contributed by atoms with Crippen LogP contribution < -0.4 is 10.1 Å². The maximum Gasteiger partial charge on any atom is 0.137 e. The zero-order valence-electron chi connectivity index (χ0n) is 10.1. The lowest BCUT2D eigenvalue weighted by atomic mass is 10.2. The highest BCUT2D eigenvalue weighted by Crippen LogP contribution is 2.25.